The lowest BCUT2D eigenvalue weighted by Gasteiger charge is -2.30. The van der Waals surface area contributed by atoms with E-state index >= 15 is 0 Å². The van der Waals surface area contributed by atoms with Crippen molar-refractivity contribution >= 4 is 11.8 Å². The van der Waals surface area contributed by atoms with Crippen molar-refractivity contribution in [1.82, 2.24) is 0 Å². The Bertz CT molecular complexity index is 366. The van der Waals surface area contributed by atoms with Crippen LogP contribution in [0.5, 0.6) is 0 Å². The number of amides is 1. The van der Waals surface area contributed by atoms with Gasteiger partial charge in [0, 0.05) is 12.2 Å². The number of hydrogen-bond donors (Lipinski definition) is 1. The Labute approximate surface area is 88.6 Å². The molecule has 1 aliphatic heterocycles. The monoisotopic (exact) mass is 206 g/mol. The number of anilines is 1. The first-order chi connectivity index (χ1) is 7.17. The van der Waals surface area contributed by atoms with Gasteiger partial charge in [0.05, 0.1) is 5.54 Å². The van der Waals surface area contributed by atoms with E-state index in [0.29, 0.717) is 13.2 Å². The van der Waals surface area contributed by atoms with Crippen LogP contribution in [0.4, 0.5) is 10.5 Å². The van der Waals surface area contributed by atoms with Crippen molar-refractivity contribution in [1.29, 1.82) is 0 Å². The summed E-state index contributed by atoms with van der Waals surface area (Å²) >= 11 is 0. The lowest BCUT2D eigenvalue weighted by Crippen LogP contribution is -2.50. The van der Waals surface area contributed by atoms with Crippen LogP contribution in [0, 0.1) is 0 Å². The number of cyclic esters (lactones) is 1. The largest absolute Gasteiger partial charge is 0.447 e. The zero-order chi connectivity index (χ0) is 10.9. The number of carbonyl (C=O) groups is 1. The van der Waals surface area contributed by atoms with Gasteiger partial charge in [-0.3, -0.25) is 4.90 Å². The zero-order valence-electron chi connectivity index (χ0n) is 8.64. The normalized spacial score (nSPS) is 25.5. The molecule has 0 aliphatic carbocycles. The molecule has 1 fully saturated rings. The molecule has 15 heavy (non-hydrogen) atoms. The fraction of sp³-hybridized carbons (Fsp3) is 0.364. The predicted octanol–water partition coefficient (Wildman–Crippen LogP) is 1.36. The Balaban J connectivity index is 2.38. The summed E-state index contributed by atoms with van der Waals surface area (Å²) in [5, 5.41) is 0. The molecule has 1 atom stereocenters. The highest BCUT2D eigenvalue weighted by Crippen LogP contribution is 2.29. The Morgan fingerprint density at radius 1 is 1.47 bits per heavy atom. The minimum absolute atomic E-state index is 0.325. The van der Waals surface area contributed by atoms with Crippen LogP contribution in [0.15, 0.2) is 30.3 Å². The van der Waals surface area contributed by atoms with Gasteiger partial charge in [0.15, 0.2) is 0 Å². The molecule has 1 unspecified atom stereocenters. The Kier molecular flexibility index (Phi) is 2.36. The average molecular weight is 206 g/mol. The smallest absolute Gasteiger partial charge is 0.415 e. The van der Waals surface area contributed by atoms with E-state index in [-0.39, 0.29) is 6.09 Å². The Hall–Kier alpha value is -1.55. The fourth-order valence-corrected chi connectivity index (χ4v) is 1.71. The van der Waals surface area contributed by atoms with E-state index < -0.39 is 5.54 Å². The van der Waals surface area contributed by atoms with Gasteiger partial charge in [0.25, 0.3) is 0 Å². The molecule has 80 valence electrons. The highest BCUT2D eigenvalue weighted by Gasteiger charge is 2.43. The Morgan fingerprint density at radius 2 is 2.13 bits per heavy atom. The molecule has 0 spiro atoms. The van der Waals surface area contributed by atoms with E-state index in [1.54, 1.807) is 4.90 Å². The number of ether oxygens (including phenoxy) is 1. The number of carbonyl (C=O) groups excluding carboxylic acids is 1. The Morgan fingerprint density at radius 3 is 2.73 bits per heavy atom. The third-order valence-corrected chi connectivity index (χ3v) is 2.68. The van der Waals surface area contributed by atoms with Gasteiger partial charge in [-0.15, -0.1) is 0 Å². The number of para-hydroxylation sites is 1. The maximum atomic E-state index is 11.6. The highest BCUT2D eigenvalue weighted by molar-refractivity contribution is 5.91. The van der Waals surface area contributed by atoms with Crippen LogP contribution in [-0.2, 0) is 4.74 Å². The van der Waals surface area contributed by atoms with Crippen LogP contribution in [0.25, 0.3) is 0 Å². The van der Waals surface area contributed by atoms with Crippen LogP contribution in [0.3, 0.4) is 0 Å². The summed E-state index contributed by atoms with van der Waals surface area (Å²) in [4.78, 5) is 13.2. The molecule has 0 radical (unpaired) electrons. The lowest BCUT2D eigenvalue weighted by atomic mass is 10.0. The molecule has 1 heterocycles. The summed E-state index contributed by atoms with van der Waals surface area (Å²) in [5.74, 6) is 0. The summed E-state index contributed by atoms with van der Waals surface area (Å²) < 4.78 is 5.03. The number of hydrogen-bond acceptors (Lipinski definition) is 3. The second-order valence-corrected chi connectivity index (χ2v) is 3.93. The molecule has 0 aromatic heterocycles. The number of rotatable bonds is 2. The molecule has 2 N–H and O–H groups in total. The fourth-order valence-electron chi connectivity index (χ4n) is 1.71. The van der Waals surface area contributed by atoms with Crippen molar-refractivity contribution in [2.24, 2.45) is 5.73 Å². The molecule has 4 nitrogen and oxygen atoms in total. The molecule has 1 aliphatic rings. The van der Waals surface area contributed by atoms with Gasteiger partial charge >= 0.3 is 6.09 Å². The molecule has 2 rings (SSSR count). The van der Waals surface area contributed by atoms with E-state index in [4.69, 9.17) is 10.5 Å². The van der Waals surface area contributed by atoms with E-state index in [0.717, 1.165) is 5.69 Å². The first-order valence-electron chi connectivity index (χ1n) is 4.89. The zero-order valence-corrected chi connectivity index (χ0v) is 8.64. The maximum absolute atomic E-state index is 11.6. The van der Waals surface area contributed by atoms with Crippen LogP contribution in [0.2, 0.25) is 0 Å². The van der Waals surface area contributed by atoms with Gasteiger partial charge in [-0.2, -0.15) is 0 Å². The molecular weight excluding hydrogens is 192 g/mol. The highest BCUT2D eigenvalue weighted by atomic mass is 16.6. The summed E-state index contributed by atoms with van der Waals surface area (Å²) in [6.45, 7) is 2.65. The summed E-state index contributed by atoms with van der Waals surface area (Å²) in [6.07, 6.45) is -0.325. The van der Waals surface area contributed by atoms with Crippen molar-refractivity contribution in [3.05, 3.63) is 30.3 Å². The van der Waals surface area contributed by atoms with E-state index in [1.165, 1.54) is 0 Å². The molecule has 1 saturated heterocycles. The van der Waals surface area contributed by atoms with Crippen LogP contribution < -0.4 is 10.6 Å². The third-order valence-electron chi connectivity index (χ3n) is 2.68. The quantitative estimate of drug-likeness (QED) is 0.794. The van der Waals surface area contributed by atoms with E-state index in [9.17, 15) is 4.79 Å². The van der Waals surface area contributed by atoms with Crippen molar-refractivity contribution in [2.75, 3.05) is 18.1 Å². The minimum atomic E-state index is -0.432. The van der Waals surface area contributed by atoms with Crippen LogP contribution in [-0.4, -0.2) is 24.8 Å². The summed E-state index contributed by atoms with van der Waals surface area (Å²) in [6, 6.07) is 9.43. The van der Waals surface area contributed by atoms with Crippen LogP contribution in [0.1, 0.15) is 6.92 Å². The molecule has 1 aromatic rings. The lowest BCUT2D eigenvalue weighted by molar-refractivity contribution is 0.174. The number of nitrogens with two attached hydrogens (primary N) is 1. The molecule has 0 bridgehead atoms. The number of nitrogens with zero attached hydrogens (tertiary/aromatic N) is 1. The average Bonchev–Trinajstić information content (AvgIpc) is 2.57. The predicted molar refractivity (Wildman–Crippen MR) is 57.7 cm³/mol. The van der Waals surface area contributed by atoms with Crippen molar-refractivity contribution in [2.45, 2.75) is 12.5 Å². The standard InChI is InChI=1S/C11H14N2O2/c1-11(7-12)8-15-10(14)13(11)9-5-3-2-4-6-9/h2-6H,7-8,12H2,1H3. The summed E-state index contributed by atoms with van der Waals surface area (Å²) in [5.41, 5.74) is 6.08. The molecular formula is C11H14N2O2. The first-order valence-corrected chi connectivity index (χ1v) is 4.89. The summed E-state index contributed by atoms with van der Waals surface area (Å²) in [7, 11) is 0. The van der Waals surface area contributed by atoms with Gasteiger partial charge < -0.3 is 10.5 Å². The third kappa shape index (κ3) is 1.57. The molecule has 1 amide bonds. The SMILES string of the molecule is CC1(CN)COC(=O)N1c1ccccc1. The van der Waals surface area contributed by atoms with Crippen molar-refractivity contribution < 1.29 is 9.53 Å². The van der Waals surface area contributed by atoms with E-state index in [1.807, 2.05) is 37.3 Å². The minimum Gasteiger partial charge on any atom is -0.447 e. The topological polar surface area (TPSA) is 55.6 Å². The molecule has 1 aromatic carbocycles. The van der Waals surface area contributed by atoms with Gasteiger partial charge in [-0.25, -0.2) is 4.79 Å². The van der Waals surface area contributed by atoms with Gasteiger partial charge in [-0.05, 0) is 19.1 Å². The van der Waals surface area contributed by atoms with Crippen LogP contribution >= 0.6 is 0 Å². The first kappa shape index (κ1) is 9.98. The maximum Gasteiger partial charge on any atom is 0.415 e. The second kappa shape index (κ2) is 3.55. The second-order valence-electron chi connectivity index (χ2n) is 3.93. The van der Waals surface area contributed by atoms with E-state index in [2.05, 4.69) is 0 Å². The van der Waals surface area contributed by atoms with Gasteiger partial charge in [0.2, 0.25) is 0 Å². The van der Waals surface area contributed by atoms with Crippen molar-refractivity contribution in [3.63, 3.8) is 0 Å². The van der Waals surface area contributed by atoms with Crippen molar-refractivity contribution in [3.8, 4) is 0 Å². The van der Waals surface area contributed by atoms with Gasteiger partial charge in [-0.1, -0.05) is 18.2 Å². The molecule has 0 saturated carbocycles. The molecule has 4 heteroatoms. The van der Waals surface area contributed by atoms with Gasteiger partial charge in [0.1, 0.15) is 6.61 Å². The number of benzene rings is 1.